The summed E-state index contributed by atoms with van der Waals surface area (Å²) in [7, 11) is 0. The zero-order valence-corrected chi connectivity index (χ0v) is 12.9. The molecule has 1 N–H and O–H groups in total. The predicted octanol–water partition coefficient (Wildman–Crippen LogP) is 4.45. The number of carbonyl (C=O) groups excluding carboxylic acids is 1. The van der Waals surface area contributed by atoms with Gasteiger partial charge in [-0.05, 0) is 42.7 Å². The molecule has 23 heavy (non-hydrogen) atoms. The number of amides is 2. The van der Waals surface area contributed by atoms with Crippen LogP contribution >= 0.6 is 0 Å². The first kappa shape index (κ1) is 16.1. The Kier molecular flexibility index (Phi) is 4.50. The molecule has 2 amide bonds. The van der Waals surface area contributed by atoms with E-state index in [0.29, 0.717) is 23.1 Å². The van der Waals surface area contributed by atoms with E-state index in [1.54, 1.807) is 29.2 Å². The number of nitrogens with zero attached hydrogens (tertiary/aromatic N) is 1. The highest BCUT2D eigenvalue weighted by atomic mass is 19.4. The summed E-state index contributed by atoms with van der Waals surface area (Å²) in [6, 6.07) is 6.53. The molecule has 1 saturated heterocycles. The molecule has 1 heterocycles. The van der Waals surface area contributed by atoms with Crippen molar-refractivity contribution in [2.45, 2.75) is 38.3 Å². The van der Waals surface area contributed by atoms with Crippen LogP contribution in [0, 0.1) is 11.8 Å². The van der Waals surface area contributed by atoms with Crippen LogP contribution in [0.5, 0.6) is 0 Å². The number of rotatable bonds is 3. The lowest BCUT2D eigenvalue weighted by Gasteiger charge is -2.19. The summed E-state index contributed by atoms with van der Waals surface area (Å²) >= 11 is 0. The van der Waals surface area contributed by atoms with Crippen LogP contribution in [0.15, 0.2) is 24.3 Å². The first-order valence-corrected chi connectivity index (χ1v) is 8.13. The minimum Gasteiger partial charge on any atom is -0.324 e. The van der Waals surface area contributed by atoms with Gasteiger partial charge in [-0.1, -0.05) is 24.6 Å². The number of aryl methyl sites for hydroxylation is 1. The minimum absolute atomic E-state index is 0.120. The van der Waals surface area contributed by atoms with E-state index >= 15 is 0 Å². The molecule has 1 aromatic rings. The zero-order valence-electron chi connectivity index (χ0n) is 12.9. The van der Waals surface area contributed by atoms with Crippen LogP contribution in [0.3, 0.4) is 0 Å². The number of benzene rings is 1. The molecule has 1 aliphatic heterocycles. The van der Waals surface area contributed by atoms with Gasteiger partial charge in [-0.3, -0.25) is 0 Å². The molecular weight excluding hydrogens is 305 g/mol. The van der Waals surface area contributed by atoms with Gasteiger partial charge in [0.15, 0.2) is 0 Å². The van der Waals surface area contributed by atoms with Crippen molar-refractivity contribution in [1.29, 1.82) is 0 Å². The van der Waals surface area contributed by atoms with Gasteiger partial charge in [0.05, 0.1) is 0 Å². The standard InChI is InChI=1S/C17H21F3N2O/c18-17(19,20)9-8-12-4-1-2-7-15(12)21-16(23)22-10-13-5-3-6-14(13)11-22/h1-2,4,7,13-14H,3,5-6,8-11H2,(H,21,23)/t13-,14-/m0/s1. The second-order valence-corrected chi connectivity index (χ2v) is 6.56. The van der Waals surface area contributed by atoms with Gasteiger partial charge in [-0.2, -0.15) is 13.2 Å². The zero-order chi connectivity index (χ0) is 16.4. The van der Waals surface area contributed by atoms with Gasteiger partial charge >= 0.3 is 12.2 Å². The second kappa shape index (κ2) is 6.42. The van der Waals surface area contributed by atoms with Gasteiger partial charge in [0.25, 0.3) is 0 Å². The van der Waals surface area contributed by atoms with E-state index in [9.17, 15) is 18.0 Å². The number of nitrogens with one attached hydrogen (secondary N) is 1. The molecule has 0 aromatic heterocycles. The SMILES string of the molecule is O=C(Nc1ccccc1CCC(F)(F)F)N1C[C@@H]2CCC[C@H]2C1. The fourth-order valence-electron chi connectivity index (χ4n) is 3.73. The average Bonchev–Trinajstić information content (AvgIpc) is 3.06. The highest BCUT2D eigenvalue weighted by molar-refractivity contribution is 5.90. The largest absolute Gasteiger partial charge is 0.389 e. The molecule has 3 nitrogen and oxygen atoms in total. The molecule has 1 saturated carbocycles. The van der Waals surface area contributed by atoms with Crippen LogP contribution in [0.4, 0.5) is 23.7 Å². The maximum atomic E-state index is 12.4. The smallest absolute Gasteiger partial charge is 0.324 e. The van der Waals surface area contributed by atoms with E-state index in [0.717, 1.165) is 13.1 Å². The van der Waals surface area contributed by atoms with Crippen molar-refractivity contribution in [3.05, 3.63) is 29.8 Å². The van der Waals surface area contributed by atoms with Gasteiger partial charge in [0.2, 0.25) is 0 Å². The summed E-state index contributed by atoms with van der Waals surface area (Å²) in [5.74, 6) is 1.20. The average molecular weight is 326 g/mol. The van der Waals surface area contributed by atoms with Gasteiger partial charge in [0, 0.05) is 25.2 Å². The molecule has 126 valence electrons. The Morgan fingerprint density at radius 1 is 1.17 bits per heavy atom. The molecule has 6 heteroatoms. The van der Waals surface area contributed by atoms with Crippen LogP contribution in [-0.2, 0) is 6.42 Å². The van der Waals surface area contributed by atoms with Crippen molar-refractivity contribution in [2.75, 3.05) is 18.4 Å². The van der Waals surface area contributed by atoms with Crippen LogP contribution in [0.2, 0.25) is 0 Å². The van der Waals surface area contributed by atoms with Crippen LogP contribution in [0.1, 0.15) is 31.2 Å². The van der Waals surface area contributed by atoms with Crippen molar-refractivity contribution in [3.8, 4) is 0 Å². The maximum absolute atomic E-state index is 12.4. The molecule has 0 radical (unpaired) electrons. The third-order valence-corrected chi connectivity index (χ3v) is 4.95. The van der Waals surface area contributed by atoms with E-state index in [-0.39, 0.29) is 12.5 Å². The normalized spacial score (nSPS) is 23.9. The van der Waals surface area contributed by atoms with Crippen LogP contribution < -0.4 is 5.32 Å². The quantitative estimate of drug-likeness (QED) is 0.875. The second-order valence-electron chi connectivity index (χ2n) is 6.56. The van der Waals surface area contributed by atoms with Crippen molar-refractivity contribution < 1.29 is 18.0 Å². The van der Waals surface area contributed by atoms with Crippen LogP contribution in [0.25, 0.3) is 0 Å². The van der Waals surface area contributed by atoms with Gasteiger partial charge in [0.1, 0.15) is 0 Å². The van der Waals surface area contributed by atoms with Crippen molar-refractivity contribution in [1.82, 2.24) is 4.90 Å². The molecule has 3 rings (SSSR count). The fourth-order valence-corrected chi connectivity index (χ4v) is 3.73. The fraction of sp³-hybridized carbons (Fsp3) is 0.588. The Morgan fingerprint density at radius 3 is 2.48 bits per heavy atom. The molecule has 1 aliphatic carbocycles. The van der Waals surface area contributed by atoms with Crippen molar-refractivity contribution >= 4 is 11.7 Å². The lowest BCUT2D eigenvalue weighted by Crippen LogP contribution is -2.34. The molecule has 0 unspecified atom stereocenters. The maximum Gasteiger partial charge on any atom is 0.389 e. The van der Waals surface area contributed by atoms with Gasteiger partial charge in [-0.25, -0.2) is 4.79 Å². The Morgan fingerprint density at radius 2 is 1.83 bits per heavy atom. The van der Waals surface area contributed by atoms with E-state index in [1.807, 2.05) is 0 Å². The Balaban J connectivity index is 1.62. The van der Waals surface area contributed by atoms with Crippen LogP contribution in [-0.4, -0.2) is 30.2 Å². The number of halogens is 3. The molecular formula is C17H21F3N2O. The topological polar surface area (TPSA) is 32.3 Å². The van der Waals surface area contributed by atoms with E-state index < -0.39 is 12.6 Å². The number of anilines is 1. The molecule has 0 bridgehead atoms. The number of likely N-dealkylation sites (tertiary alicyclic amines) is 1. The van der Waals surface area contributed by atoms with Gasteiger partial charge < -0.3 is 10.2 Å². The number of para-hydroxylation sites is 1. The Hall–Kier alpha value is -1.72. The minimum atomic E-state index is -4.19. The lowest BCUT2D eigenvalue weighted by molar-refractivity contribution is -0.133. The number of hydrogen-bond donors (Lipinski definition) is 1. The highest BCUT2D eigenvalue weighted by Gasteiger charge is 2.38. The Labute approximate surface area is 133 Å². The monoisotopic (exact) mass is 326 g/mol. The van der Waals surface area contributed by atoms with Crippen molar-refractivity contribution in [3.63, 3.8) is 0 Å². The third kappa shape index (κ3) is 3.98. The summed E-state index contributed by atoms with van der Waals surface area (Å²) < 4.78 is 37.3. The number of alkyl halides is 3. The van der Waals surface area contributed by atoms with E-state index in [4.69, 9.17) is 0 Å². The summed E-state index contributed by atoms with van der Waals surface area (Å²) in [5.41, 5.74) is 1.01. The molecule has 2 aliphatic rings. The lowest BCUT2D eigenvalue weighted by atomic mass is 10.0. The first-order valence-electron chi connectivity index (χ1n) is 8.13. The molecule has 0 spiro atoms. The first-order chi connectivity index (χ1) is 10.9. The number of carbonyl (C=O) groups is 1. The summed E-state index contributed by atoms with van der Waals surface area (Å²) in [4.78, 5) is 14.2. The predicted molar refractivity (Wildman–Crippen MR) is 82.2 cm³/mol. The van der Waals surface area contributed by atoms with Crippen molar-refractivity contribution in [2.24, 2.45) is 11.8 Å². The molecule has 1 aromatic carbocycles. The molecule has 2 atom stereocenters. The summed E-state index contributed by atoms with van der Waals surface area (Å²) in [6.45, 7) is 1.53. The van der Waals surface area contributed by atoms with E-state index in [2.05, 4.69) is 5.32 Å². The third-order valence-electron chi connectivity index (χ3n) is 4.95. The number of fused-ring (bicyclic) bond motifs is 1. The summed E-state index contributed by atoms with van der Waals surface area (Å²) in [5, 5.41) is 2.80. The highest BCUT2D eigenvalue weighted by Crippen LogP contribution is 2.38. The molecule has 2 fully saturated rings. The Bertz CT molecular complexity index is 561. The summed E-state index contributed by atoms with van der Waals surface area (Å²) in [6.07, 6.45) is -1.60. The van der Waals surface area contributed by atoms with Gasteiger partial charge in [-0.15, -0.1) is 0 Å². The number of hydrogen-bond acceptors (Lipinski definition) is 1. The van der Waals surface area contributed by atoms with E-state index in [1.165, 1.54) is 19.3 Å². The number of urea groups is 1.